The number of nitrogens with zero attached hydrogens (tertiary/aromatic N) is 4. The second-order valence-corrected chi connectivity index (χ2v) is 9.49. The van der Waals surface area contributed by atoms with Crippen molar-refractivity contribution in [3.63, 3.8) is 0 Å². The minimum absolute atomic E-state index is 0.0486. The van der Waals surface area contributed by atoms with Gasteiger partial charge in [0.2, 0.25) is 0 Å². The first kappa shape index (κ1) is 21.8. The van der Waals surface area contributed by atoms with Crippen molar-refractivity contribution in [1.82, 2.24) is 14.5 Å². The molecule has 0 amide bonds. The van der Waals surface area contributed by atoms with E-state index in [2.05, 4.69) is 24.0 Å². The molecule has 2 aliphatic carbocycles. The van der Waals surface area contributed by atoms with Crippen molar-refractivity contribution in [2.45, 2.75) is 64.6 Å². The summed E-state index contributed by atoms with van der Waals surface area (Å²) in [4.78, 5) is 21.3. The third-order valence-corrected chi connectivity index (χ3v) is 6.97. The van der Waals surface area contributed by atoms with Crippen LogP contribution in [0, 0.1) is 11.1 Å². The molecule has 0 radical (unpaired) electrons. The van der Waals surface area contributed by atoms with Gasteiger partial charge < -0.3 is 5.21 Å². The van der Waals surface area contributed by atoms with Gasteiger partial charge in [-0.15, -0.1) is 0 Å². The predicted molar refractivity (Wildman–Crippen MR) is 128 cm³/mol. The molecule has 2 aliphatic rings. The first-order chi connectivity index (χ1) is 16.1. The SMILES string of the molecule is CCC(c1nc2c(c(=O)n1Cc1ccccc1)CCC2)N(Cc1cc[n+]([O-])cc1)CC1CC1. The molecule has 1 unspecified atom stereocenters. The Labute approximate surface area is 195 Å². The summed E-state index contributed by atoms with van der Waals surface area (Å²) in [6, 6.07) is 14.0. The van der Waals surface area contributed by atoms with Crippen molar-refractivity contribution >= 4 is 0 Å². The van der Waals surface area contributed by atoms with Gasteiger partial charge in [0, 0.05) is 30.8 Å². The van der Waals surface area contributed by atoms with Crippen molar-refractivity contribution < 1.29 is 4.73 Å². The monoisotopic (exact) mass is 444 g/mol. The fourth-order valence-electron chi connectivity index (χ4n) is 5.04. The lowest BCUT2D eigenvalue weighted by molar-refractivity contribution is -0.605. The van der Waals surface area contributed by atoms with Gasteiger partial charge in [-0.1, -0.05) is 37.3 Å². The van der Waals surface area contributed by atoms with Crippen molar-refractivity contribution in [2.75, 3.05) is 6.54 Å². The van der Waals surface area contributed by atoms with E-state index >= 15 is 0 Å². The van der Waals surface area contributed by atoms with Crippen LogP contribution in [0.15, 0.2) is 59.7 Å². The summed E-state index contributed by atoms with van der Waals surface area (Å²) in [5, 5.41) is 11.5. The number of hydrogen-bond acceptors (Lipinski definition) is 4. The largest absolute Gasteiger partial charge is 0.619 e. The smallest absolute Gasteiger partial charge is 0.257 e. The molecule has 2 aromatic heterocycles. The van der Waals surface area contributed by atoms with E-state index in [9.17, 15) is 10.0 Å². The zero-order valence-corrected chi connectivity index (χ0v) is 19.3. The lowest BCUT2D eigenvalue weighted by Gasteiger charge is -2.32. The molecule has 5 rings (SSSR count). The fourth-order valence-corrected chi connectivity index (χ4v) is 5.04. The van der Waals surface area contributed by atoms with E-state index in [4.69, 9.17) is 4.98 Å². The van der Waals surface area contributed by atoms with E-state index in [1.54, 1.807) is 12.4 Å². The van der Waals surface area contributed by atoms with Gasteiger partial charge >= 0.3 is 0 Å². The van der Waals surface area contributed by atoms with E-state index in [1.165, 1.54) is 12.8 Å². The lowest BCUT2D eigenvalue weighted by Crippen LogP contribution is -2.37. The van der Waals surface area contributed by atoms with Gasteiger partial charge in [0.15, 0.2) is 12.4 Å². The molecule has 0 bridgehead atoms. The molecule has 2 heterocycles. The summed E-state index contributed by atoms with van der Waals surface area (Å²) >= 11 is 0. The zero-order chi connectivity index (χ0) is 22.8. The van der Waals surface area contributed by atoms with E-state index in [0.29, 0.717) is 12.5 Å². The predicted octanol–water partition coefficient (Wildman–Crippen LogP) is 3.78. The zero-order valence-electron chi connectivity index (χ0n) is 19.3. The summed E-state index contributed by atoms with van der Waals surface area (Å²) < 4.78 is 2.76. The number of hydrogen-bond donors (Lipinski definition) is 0. The van der Waals surface area contributed by atoms with E-state index in [0.717, 1.165) is 71.7 Å². The Morgan fingerprint density at radius 2 is 1.88 bits per heavy atom. The minimum Gasteiger partial charge on any atom is -0.619 e. The minimum atomic E-state index is 0.0486. The van der Waals surface area contributed by atoms with Crippen molar-refractivity contribution in [2.24, 2.45) is 5.92 Å². The highest BCUT2D eigenvalue weighted by atomic mass is 16.5. The Morgan fingerprint density at radius 1 is 1.12 bits per heavy atom. The van der Waals surface area contributed by atoms with E-state index in [-0.39, 0.29) is 11.6 Å². The van der Waals surface area contributed by atoms with Crippen LogP contribution in [0.2, 0.25) is 0 Å². The molecular formula is C27H32N4O2. The van der Waals surface area contributed by atoms with Crippen LogP contribution < -0.4 is 10.3 Å². The number of rotatable bonds is 9. The molecule has 33 heavy (non-hydrogen) atoms. The van der Waals surface area contributed by atoms with Crippen LogP contribution in [-0.2, 0) is 25.9 Å². The highest BCUT2D eigenvalue weighted by Crippen LogP contribution is 2.35. The summed E-state index contributed by atoms with van der Waals surface area (Å²) in [6.07, 6.45) is 9.25. The van der Waals surface area contributed by atoms with Gasteiger partial charge in [0.1, 0.15) is 5.82 Å². The van der Waals surface area contributed by atoms with Crippen LogP contribution >= 0.6 is 0 Å². The van der Waals surface area contributed by atoms with Crippen molar-refractivity contribution in [3.8, 4) is 0 Å². The summed E-state index contributed by atoms with van der Waals surface area (Å²) in [7, 11) is 0. The maximum Gasteiger partial charge on any atom is 0.257 e. The van der Waals surface area contributed by atoms with Crippen LogP contribution in [-0.4, -0.2) is 21.0 Å². The van der Waals surface area contributed by atoms with Crippen molar-refractivity contribution in [1.29, 1.82) is 0 Å². The molecule has 172 valence electrons. The molecule has 0 spiro atoms. The van der Waals surface area contributed by atoms with Gasteiger partial charge in [-0.2, -0.15) is 4.73 Å². The number of pyridine rings is 1. The number of fused-ring (bicyclic) bond motifs is 1. The molecule has 1 saturated carbocycles. The molecule has 6 heteroatoms. The normalized spacial score (nSPS) is 16.2. The van der Waals surface area contributed by atoms with Crippen molar-refractivity contribution in [3.05, 3.63) is 98.6 Å². The molecule has 1 fully saturated rings. The van der Waals surface area contributed by atoms with E-state index < -0.39 is 0 Å². The highest BCUT2D eigenvalue weighted by molar-refractivity contribution is 5.26. The Kier molecular flexibility index (Phi) is 6.27. The van der Waals surface area contributed by atoms with Crippen LogP contribution in [0.1, 0.15) is 66.9 Å². The second-order valence-electron chi connectivity index (χ2n) is 9.49. The van der Waals surface area contributed by atoms with Crippen LogP contribution in [0.5, 0.6) is 0 Å². The maximum absolute atomic E-state index is 13.6. The number of aryl methyl sites for hydroxylation is 1. The molecule has 1 atom stereocenters. The number of aromatic nitrogens is 3. The molecule has 0 N–H and O–H groups in total. The summed E-state index contributed by atoms with van der Waals surface area (Å²) in [5.41, 5.74) is 4.26. The standard InChI is InChI=1S/C27H32N4O2/c1-2-25(29(17-21-11-12-21)18-22-13-15-30(33)16-14-22)26-28-24-10-6-9-23(24)27(32)31(26)19-20-7-4-3-5-8-20/h3-5,7-8,13-16,21,25H,2,6,9-12,17-19H2,1H3. The molecule has 3 aromatic rings. The molecular weight excluding hydrogens is 412 g/mol. The Bertz CT molecular complexity index is 1150. The molecule has 0 saturated heterocycles. The van der Waals surface area contributed by atoms with Gasteiger partial charge in [0.25, 0.3) is 5.56 Å². The Morgan fingerprint density at radius 3 is 2.58 bits per heavy atom. The van der Waals surface area contributed by atoms with Crippen LogP contribution in [0.3, 0.4) is 0 Å². The average molecular weight is 445 g/mol. The third-order valence-electron chi connectivity index (χ3n) is 6.97. The third kappa shape index (κ3) is 4.86. The summed E-state index contributed by atoms with van der Waals surface area (Å²) in [5.74, 6) is 1.60. The molecule has 0 aliphatic heterocycles. The second kappa shape index (κ2) is 9.48. The Balaban J connectivity index is 1.55. The molecule has 1 aromatic carbocycles. The first-order valence-corrected chi connectivity index (χ1v) is 12.2. The average Bonchev–Trinajstić information content (AvgIpc) is 3.52. The van der Waals surface area contributed by atoms with Crippen LogP contribution in [0.4, 0.5) is 0 Å². The van der Waals surface area contributed by atoms with Crippen LogP contribution in [0.25, 0.3) is 0 Å². The summed E-state index contributed by atoms with van der Waals surface area (Å²) in [6.45, 7) is 4.47. The first-order valence-electron chi connectivity index (χ1n) is 12.2. The van der Waals surface area contributed by atoms with Gasteiger partial charge in [-0.05, 0) is 55.6 Å². The van der Waals surface area contributed by atoms with E-state index in [1.807, 2.05) is 34.9 Å². The number of benzene rings is 1. The van der Waals surface area contributed by atoms with Gasteiger partial charge in [-0.25, -0.2) is 4.98 Å². The maximum atomic E-state index is 13.6. The fraction of sp³-hybridized carbons (Fsp3) is 0.444. The molecule has 6 nitrogen and oxygen atoms in total. The highest BCUT2D eigenvalue weighted by Gasteiger charge is 2.32. The topological polar surface area (TPSA) is 65.1 Å². The Hall–Kier alpha value is -2.99. The quantitative estimate of drug-likeness (QED) is 0.372. The lowest BCUT2D eigenvalue weighted by atomic mass is 10.1. The van der Waals surface area contributed by atoms with Gasteiger partial charge in [0.05, 0.1) is 18.3 Å². The van der Waals surface area contributed by atoms with Gasteiger partial charge in [-0.3, -0.25) is 14.3 Å².